The molecule has 21 heavy (non-hydrogen) atoms. The van der Waals surface area contributed by atoms with E-state index in [1.54, 1.807) is 30.3 Å². The molecule has 2 heterocycles. The van der Waals surface area contributed by atoms with Crippen molar-refractivity contribution in [2.45, 2.75) is 12.5 Å². The van der Waals surface area contributed by atoms with Crippen LogP contribution in [0.1, 0.15) is 27.7 Å². The molecule has 3 rings (SSSR count). The lowest BCUT2D eigenvalue weighted by Crippen LogP contribution is -2.43. The number of amides is 1. The summed E-state index contributed by atoms with van der Waals surface area (Å²) in [5.41, 5.74) is 1.93. The number of carboxylic acid groups (broad SMARTS) is 1. The smallest absolute Gasteiger partial charge is 0.331 e. The van der Waals surface area contributed by atoms with Crippen LogP contribution in [0.3, 0.4) is 0 Å². The van der Waals surface area contributed by atoms with E-state index in [-0.39, 0.29) is 11.6 Å². The van der Waals surface area contributed by atoms with E-state index in [1.165, 1.54) is 11.1 Å². The number of pyridine rings is 1. The molecule has 1 aliphatic rings. The Bertz CT molecular complexity index is 685. The summed E-state index contributed by atoms with van der Waals surface area (Å²) in [5, 5.41) is 9.54. The number of rotatable bonds is 2. The molecule has 106 valence electrons. The Hall–Kier alpha value is -2.69. The van der Waals surface area contributed by atoms with Crippen LogP contribution in [0.5, 0.6) is 0 Å². The summed E-state index contributed by atoms with van der Waals surface area (Å²) in [6, 6.07) is 11.4. The van der Waals surface area contributed by atoms with Crippen molar-refractivity contribution in [1.82, 2.24) is 9.88 Å². The van der Waals surface area contributed by atoms with E-state index in [1.807, 2.05) is 12.1 Å². The lowest BCUT2D eigenvalue weighted by Gasteiger charge is -2.34. The molecule has 1 N–H and O–H groups in total. The van der Waals surface area contributed by atoms with Gasteiger partial charge in [-0.05, 0) is 29.7 Å². The highest BCUT2D eigenvalue weighted by atomic mass is 16.4. The van der Waals surface area contributed by atoms with Crippen LogP contribution in [0, 0.1) is 0 Å². The molecule has 0 spiro atoms. The van der Waals surface area contributed by atoms with E-state index in [4.69, 9.17) is 0 Å². The maximum Gasteiger partial charge on any atom is 0.331 e. The third-order valence-corrected chi connectivity index (χ3v) is 3.66. The van der Waals surface area contributed by atoms with E-state index in [9.17, 15) is 14.7 Å². The highest BCUT2D eigenvalue weighted by molar-refractivity contribution is 5.95. The minimum atomic E-state index is -1.02. The zero-order valence-corrected chi connectivity index (χ0v) is 11.3. The highest BCUT2D eigenvalue weighted by Crippen LogP contribution is 2.30. The number of nitrogens with zero attached hydrogens (tertiary/aromatic N) is 2. The fourth-order valence-electron chi connectivity index (χ4n) is 2.69. The monoisotopic (exact) mass is 282 g/mol. The van der Waals surface area contributed by atoms with E-state index in [0.717, 1.165) is 5.56 Å². The number of carboxylic acids is 1. The third-order valence-electron chi connectivity index (χ3n) is 3.66. The minimum Gasteiger partial charge on any atom is -0.479 e. The van der Waals surface area contributed by atoms with Crippen molar-refractivity contribution in [3.8, 4) is 0 Å². The van der Waals surface area contributed by atoms with E-state index in [0.29, 0.717) is 18.5 Å². The first-order chi connectivity index (χ1) is 10.2. The molecule has 0 saturated carbocycles. The summed E-state index contributed by atoms with van der Waals surface area (Å²) < 4.78 is 0. The average molecular weight is 282 g/mol. The fourth-order valence-corrected chi connectivity index (χ4v) is 2.69. The average Bonchev–Trinajstić information content (AvgIpc) is 2.53. The summed E-state index contributed by atoms with van der Waals surface area (Å²) >= 11 is 0. The van der Waals surface area contributed by atoms with Gasteiger partial charge >= 0.3 is 5.97 Å². The summed E-state index contributed by atoms with van der Waals surface area (Å²) in [6.45, 7) is 0.378. The SMILES string of the molecule is O=C(O)C1c2ccccc2CCN1C(=O)c1ccccn1. The molecule has 1 aliphatic heterocycles. The summed E-state index contributed by atoms with van der Waals surface area (Å²) in [4.78, 5) is 29.6. The predicted octanol–water partition coefficient (Wildman–Crippen LogP) is 1.91. The third kappa shape index (κ3) is 2.38. The lowest BCUT2D eigenvalue weighted by molar-refractivity contribution is -0.143. The largest absolute Gasteiger partial charge is 0.479 e. The van der Waals surface area contributed by atoms with Crippen LogP contribution in [-0.2, 0) is 11.2 Å². The standard InChI is InChI=1S/C16H14N2O3/c19-15(13-7-3-4-9-17-13)18-10-8-11-5-1-2-6-12(11)14(18)16(20)21/h1-7,9,14H,8,10H2,(H,20,21). The lowest BCUT2D eigenvalue weighted by atomic mass is 9.92. The van der Waals surface area contributed by atoms with Gasteiger partial charge in [-0.1, -0.05) is 30.3 Å². The van der Waals surface area contributed by atoms with Gasteiger partial charge in [0.05, 0.1) is 0 Å². The zero-order valence-electron chi connectivity index (χ0n) is 11.3. The fraction of sp³-hybridized carbons (Fsp3) is 0.188. The molecule has 0 fully saturated rings. The van der Waals surface area contributed by atoms with Crippen LogP contribution < -0.4 is 0 Å². The maximum atomic E-state index is 12.5. The van der Waals surface area contributed by atoms with Crippen LogP contribution in [-0.4, -0.2) is 33.4 Å². The number of hydrogen-bond donors (Lipinski definition) is 1. The number of aliphatic carboxylic acids is 1. The van der Waals surface area contributed by atoms with E-state index >= 15 is 0 Å². The molecule has 0 radical (unpaired) electrons. The molecule has 1 aromatic heterocycles. The molecule has 2 aromatic rings. The van der Waals surface area contributed by atoms with Gasteiger partial charge in [0, 0.05) is 12.7 Å². The van der Waals surface area contributed by atoms with Crippen molar-refractivity contribution in [3.05, 3.63) is 65.5 Å². The molecule has 5 nitrogen and oxygen atoms in total. The molecular formula is C16H14N2O3. The highest BCUT2D eigenvalue weighted by Gasteiger charge is 2.36. The number of aromatic nitrogens is 1. The number of fused-ring (bicyclic) bond motifs is 1. The Morgan fingerprint density at radius 3 is 2.62 bits per heavy atom. The predicted molar refractivity (Wildman–Crippen MR) is 75.8 cm³/mol. The van der Waals surface area contributed by atoms with Gasteiger partial charge in [0.1, 0.15) is 5.69 Å². The second-order valence-electron chi connectivity index (χ2n) is 4.90. The second-order valence-corrected chi connectivity index (χ2v) is 4.90. The van der Waals surface area contributed by atoms with E-state index < -0.39 is 12.0 Å². The van der Waals surface area contributed by atoms with Gasteiger partial charge in [-0.3, -0.25) is 9.78 Å². The normalized spacial score (nSPS) is 17.1. The van der Waals surface area contributed by atoms with Gasteiger partial charge in [0.2, 0.25) is 0 Å². The van der Waals surface area contributed by atoms with Gasteiger partial charge in [-0.2, -0.15) is 0 Å². The summed E-state index contributed by atoms with van der Waals surface area (Å²) in [6.07, 6.45) is 2.18. The number of hydrogen-bond acceptors (Lipinski definition) is 3. The number of carbonyl (C=O) groups is 2. The molecule has 0 aliphatic carbocycles. The van der Waals surface area contributed by atoms with Crippen molar-refractivity contribution in [1.29, 1.82) is 0 Å². The Balaban J connectivity index is 2.00. The van der Waals surface area contributed by atoms with Crippen LogP contribution in [0.4, 0.5) is 0 Å². The number of carbonyl (C=O) groups excluding carboxylic acids is 1. The van der Waals surface area contributed by atoms with Gasteiger partial charge in [-0.15, -0.1) is 0 Å². The van der Waals surface area contributed by atoms with Gasteiger partial charge in [0.25, 0.3) is 5.91 Å². The molecule has 0 saturated heterocycles. The van der Waals surface area contributed by atoms with Gasteiger partial charge in [-0.25, -0.2) is 4.79 Å². The summed E-state index contributed by atoms with van der Waals surface area (Å²) in [7, 11) is 0. The Morgan fingerprint density at radius 2 is 1.90 bits per heavy atom. The minimum absolute atomic E-state index is 0.267. The molecule has 1 atom stereocenters. The quantitative estimate of drug-likeness (QED) is 0.913. The molecule has 1 amide bonds. The second kappa shape index (κ2) is 5.36. The summed E-state index contributed by atoms with van der Waals surface area (Å²) in [5.74, 6) is -1.37. The first-order valence-corrected chi connectivity index (χ1v) is 6.71. The molecule has 1 unspecified atom stereocenters. The molecule has 5 heteroatoms. The molecule has 1 aromatic carbocycles. The van der Waals surface area contributed by atoms with Crippen molar-refractivity contribution < 1.29 is 14.7 Å². The van der Waals surface area contributed by atoms with Crippen molar-refractivity contribution >= 4 is 11.9 Å². The maximum absolute atomic E-state index is 12.5. The van der Waals surface area contributed by atoms with Crippen molar-refractivity contribution in [2.24, 2.45) is 0 Å². The van der Waals surface area contributed by atoms with Gasteiger partial charge < -0.3 is 10.0 Å². The first-order valence-electron chi connectivity index (χ1n) is 6.71. The topological polar surface area (TPSA) is 70.5 Å². The van der Waals surface area contributed by atoms with Crippen LogP contribution in [0.2, 0.25) is 0 Å². The molecular weight excluding hydrogens is 268 g/mol. The Kier molecular flexibility index (Phi) is 3.39. The van der Waals surface area contributed by atoms with E-state index in [2.05, 4.69) is 4.98 Å². The molecule has 0 bridgehead atoms. The Morgan fingerprint density at radius 1 is 1.14 bits per heavy atom. The number of benzene rings is 1. The van der Waals surface area contributed by atoms with Crippen LogP contribution >= 0.6 is 0 Å². The van der Waals surface area contributed by atoms with Crippen molar-refractivity contribution in [3.63, 3.8) is 0 Å². The van der Waals surface area contributed by atoms with Crippen molar-refractivity contribution in [2.75, 3.05) is 6.54 Å². The van der Waals surface area contributed by atoms with Gasteiger partial charge in [0.15, 0.2) is 6.04 Å². The van der Waals surface area contributed by atoms with Crippen LogP contribution in [0.25, 0.3) is 0 Å². The first kappa shape index (κ1) is 13.3. The van der Waals surface area contributed by atoms with Crippen LogP contribution in [0.15, 0.2) is 48.7 Å². The Labute approximate surface area is 121 Å². The zero-order chi connectivity index (χ0) is 14.8.